The summed E-state index contributed by atoms with van der Waals surface area (Å²) in [5, 5.41) is 18.0. The molecule has 1 aromatic carbocycles. The van der Waals surface area contributed by atoms with Crippen LogP contribution >= 0.6 is 12.4 Å². The second-order valence-corrected chi connectivity index (χ2v) is 8.47. The maximum Gasteiger partial charge on any atom is 0.223 e. The van der Waals surface area contributed by atoms with Gasteiger partial charge in [-0.1, -0.05) is 25.7 Å². The summed E-state index contributed by atoms with van der Waals surface area (Å²) in [6.45, 7) is 4.20. The Balaban J connectivity index is 0.00000408. The summed E-state index contributed by atoms with van der Waals surface area (Å²) in [5.41, 5.74) is 3.24. The van der Waals surface area contributed by atoms with E-state index in [4.69, 9.17) is 4.74 Å². The van der Waals surface area contributed by atoms with Crippen molar-refractivity contribution in [2.45, 2.75) is 52.0 Å². The van der Waals surface area contributed by atoms with Crippen LogP contribution in [0.3, 0.4) is 0 Å². The molecule has 0 aliphatic carbocycles. The number of hydrogen-bond donors (Lipinski definition) is 3. The predicted molar refractivity (Wildman–Crippen MR) is 142 cm³/mol. The maximum absolute atomic E-state index is 11.8. The second-order valence-electron chi connectivity index (χ2n) is 8.47. The standard InChI is InChI=1S/C26H36N4O3.ClH/c1-19-16-25(31)26(32)24(30(19)2)18-27-13-8-6-4-5-7-9-14-28-22-12-15-29-23-17-20(33-3)10-11-21(22)23;/h10-12,15-17,27,32H,4-9,13-14,18H2,1-3H3,(H,28,29);1H. The first-order valence-electron chi connectivity index (χ1n) is 11.8. The smallest absolute Gasteiger partial charge is 0.223 e. The van der Waals surface area contributed by atoms with Crippen LogP contribution in [0.25, 0.3) is 10.9 Å². The highest BCUT2D eigenvalue weighted by Gasteiger charge is 2.10. The third-order valence-electron chi connectivity index (χ3n) is 6.12. The van der Waals surface area contributed by atoms with Crippen LogP contribution in [0, 0.1) is 6.92 Å². The second kappa shape index (κ2) is 13.8. The Morgan fingerprint density at radius 2 is 1.74 bits per heavy atom. The fourth-order valence-electron chi connectivity index (χ4n) is 3.99. The number of fused-ring (bicyclic) bond motifs is 1. The van der Waals surface area contributed by atoms with Crippen molar-refractivity contribution in [2.75, 3.05) is 25.5 Å². The fraction of sp³-hybridized carbons (Fsp3) is 0.462. The summed E-state index contributed by atoms with van der Waals surface area (Å²) in [7, 11) is 3.54. The maximum atomic E-state index is 11.8. The number of aryl methyl sites for hydroxylation is 1. The van der Waals surface area contributed by atoms with Crippen LogP contribution < -0.4 is 20.8 Å². The van der Waals surface area contributed by atoms with Crippen LogP contribution in [0.4, 0.5) is 5.69 Å². The lowest BCUT2D eigenvalue weighted by Crippen LogP contribution is -2.21. The van der Waals surface area contributed by atoms with Crippen LogP contribution in [-0.2, 0) is 13.6 Å². The molecule has 0 atom stereocenters. The third kappa shape index (κ3) is 7.37. The number of ether oxygens (including phenoxy) is 1. The first-order chi connectivity index (χ1) is 16.0. The van der Waals surface area contributed by atoms with Crippen molar-refractivity contribution in [2.24, 2.45) is 7.05 Å². The number of aromatic hydroxyl groups is 1. The SMILES string of the molecule is COc1ccc2c(NCCCCCCCCNCc3c(O)c(=O)cc(C)n3C)ccnc2c1.Cl. The van der Waals surface area contributed by atoms with Crippen molar-refractivity contribution in [3.8, 4) is 11.5 Å². The van der Waals surface area contributed by atoms with Gasteiger partial charge in [0.1, 0.15) is 5.75 Å². The molecule has 3 aromatic rings. The molecule has 0 bridgehead atoms. The molecule has 3 rings (SSSR count). The van der Waals surface area contributed by atoms with Gasteiger partial charge in [-0.05, 0) is 44.5 Å². The minimum Gasteiger partial charge on any atom is -0.503 e. The molecule has 0 unspecified atom stereocenters. The number of anilines is 1. The van der Waals surface area contributed by atoms with E-state index in [9.17, 15) is 9.90 Å². The van der Waals surface area contributed by atoms with Crippen molar-refractivity contribution < 1.29 is 9.84 Å². The number of nitrogens with one attached hydrogen (secondary N) is 2. The summed E-state index contributed by atoms with van der Waals surface area (Å²) in [4.78, 5) is 16.2. The molecule has 0 radical (unpaired) electrons. The van der Waals surface area contributed by atoms with Crippen molar-refractivity contribution in [3.63, 3.8) is 0 Å². The number of aromatic nitrogens is 2. The van der Waals surface area contributed by atoms with Crippen molar-refractivity contribution in [1.82, 2.24) is 14.9 Å². The molecule has 0 fully saturated rings. The molecule has 2 heterocycles. The van der Waals surface area contributed by atoms with Gasteiger partial charge in [-0.15, -0.1) is 12.4 Å². The summed E-state index contributed by atoms with van der Waals surface area (Å²) >= 11 is 0. The summed E-state index contributed by atoms with van der Waals surface area (Å²) < 4.78 is 7.14. The van der Waals surface area contributed by atoms with Gasteiger partial charge in [-0.25, -0.2) is 0 Å². The van der Waals surface area contributed by atoms with Crippen LogP contribution in [-0.4, -0.2) is 34.9 Å². The number of nitrogens with zero attached hydrogens (tertiary/aromatic N) is 2. The largest absolute Gasteiger partial charge is 0.503 e. The normalized spacial score (nSPS) is 10.8. The number of hydrogen-bond acceptors (Lipinski definition) is 6. The minimum absolute atomic E-state index is 0. The molecule has 3 N–H and O–H groups in total. The third-order valence-corrected chi connectivity index (χ3v) is 6.12. The molecule has 0 aliphatic heterocycles. The number of halogens is 1. The van der Waals surface area contributed by atoms with Gasteiger partial charge in [0, 0.05) is 55.2 Å². The van der Waals surface area contributed by atoms with E-state index in [-0.39, 0.29) is 23.6 Å². The Bertz CT molecular complexity index is 1120. The number of pyridine rings is 2. The first kappa shape index (κ1) is 27.5. The fourth-order valence-corrected chi connectivity index (χ4v) is 3.99. The first-order valence-corrected chi connectivity index (χ1v) is 11.8. The van der Waals surface area contributed by atoms with E-state index in [1.54, 1.807) is 7.11 Å². The molecule has 0 saturated heterocycles. The molecular formula is C26H37ClN4O3. The van der Waals surface area contributed by atoms with E-state index in [1.165, 1.54) is 31.7 Å². The Labute approximate surface area is 208 Å². The van der Waals surface area contributed by atoms with Crippen LogP contribution in [0.2, 0.25) is 0 Å². The molecule has 8 heteroatoms. The summed E-state index contributed by atoms with van der Waals surface area (Å²) in [6.07, 6.45) is 8.88. The lowest BCUT2D eigenvalue weighted by atomic mass is 10.1. The van der Waals surface area contributed by atoms with Crippen LogP contribution in [0.15, 0.2) is 41.3 Å². The molecule has 0 spiro atoms. The molecule has 0 saturated carbocycles. The van der Waals surface area contributed by atoms with E-state index in [1.807, 2.05) is 42.9 Å². The number of methoxy groups -OCH3 is 1. The highest BCUT2D eigenvalue weighted by Crippen LogP contribution is 2.25. The van der Waals surface area contributed by atoms with Gasteiger partial charge in [0.15, 0.2) is 5.75 Å². The minimum atomic E-state index is -0.311. The Hall–Kier alpha value is -2.77. The molecule has 0 aliphatic rings. The lowest BCUT2D eigenvalue weighted by molar-refractivity contribution is 0.415. The zero-order chi connectivity index (χ0) is 23.6. The van der Waals surface area contributed by atoms with E-state index in [2.05, 4.69) is 21.7 Å². The molecular weight excluding hydrogens is 452 g/mol. The highest BCUT2D eigenvalue weighted by molar-refractivity contribution is 5.91. The zero-order valence-electron chi connectivity index (χ0n) is 20.4. The Morgan fingerprint density at radius 3 is 2.47 bits per heavy atom. The summed E-state index contributed by atoms with van der Waals surface area (Å²) in [6, 6.07) is 9.47. The quantitative estimate of drug-likeness (QED) is 0.296. The Kier molecular flexibility index (Phi) is 11.2. The van der Waals surface area contributed by atoms with Gasteiger partial charge in [-0.2, -0.15) is 0 Å². The number of benzene rings is 1. The average molecular weight is 489 g/mol. The predicted octanol–water partition coefficient (Wildman–Crippen LogP) is 4.92. The van der Waals surface area contributed by atoms with Crippen LogP contribution in [0.1, 0.15) is 49.9 Å². The van der Waals surface area contributed by atoms with Gasteiger partial charge < -0.3 is 25.0 Å². The molecule has 0 amide bonds. The van der Waals surface area contributed by atoms with E-state index < -0.39 is 0 Å². The van der Waals surface area contributed by atoms with E-state index >= 15 is 0 Å². The number of rotatable bonds is 13. The topological polar surface area (TPSA) is 88.4 Å². The van der Waals surface area contributed by atoms with Crippen LogP contribution in [0.5, 0.6) is 11.5 Å². The van der Waals surface area contributed by atoms with Gasteiger partial charge >= 0.3 is 0 Å². The van der Waals surface area contributed by atoms with Crippen molar-refractivity contribution in [3.05, 3.63) is 58.1 Å². The molecule has 186 valence electrons. The zero-order valence-corrected chi connectivity index (χ0v) is 21.2. The van der Waals surface area contributed by atoms with Gasteiger partial charge in [0.25, 0.3) is 0 Å². The van der Waals surface area contributed by atoms with Crippen molar-refractivity contribution >= 4 is 29.0 Å². The monoisotopic (exact) mass is 488 g/mol. The van der Waals surface area contributed by atoms with Crippen molar-refractivity contribution in [1.29, 1.82) is 0 Å². The van der Waals surface area contributed by atoms with Gasteiger partial charge in [0.2, 0.25) is 5.43 Å². The molecule has 7 nitrogen and oxygen atoms in total. The highest BCUT2D eigenvalue weighted by atomic mass is 35.5. The van der Waals surface area contributed by atoms with Gasteiger partial charge in [-0.3, -0.25) is 9.78 Å². The average Bonchev–Trinajstić information content (AvgIpc) is 2.82. The Morgan fingerprint density at radius 1 is 1.03 bits per heavy atom. The van der Waals surface area contributed by atoms with E-state index in [0.29, 0.717) is 12.2 Å². The van der Waals surface area contributed by atoms with E-state index in [0.717, 1.165) is 54.0 Å². The summed E-state index contributed by atoms with van der Waals surface area (Å²) in [5.74, 6) is 0.671. The number of unbranched alkanes of at least 4 members (excludes halogenated alkanes) is 5. The van der Waals surface area contributed by atoms with Gasteiger partial charge in [0.05, 0.1) is 18.3 Å². The molecule has 2 aromatic heterocycles. The lowest BCUT2D eigenvalue weighted by Gasteiger charge is -2.14. The molecule has 34 heavy (non-hydrogen) atoms.